The first-order chi connectivity index (χ1) is 7.15. The second kappa shape index (κ2) is 5.51. The van der Waals surface area contributed by atoms with Crippen molar-refractivity contribution in [3.05, 3.63) is 48.0 Å². The summed E-state index contributed by atoms with van der Waals surface area (Å²) in [6.07, 6.45) is 1.19. The Bertz CT molecular complexity index is 358. The molecule has 0 spiro atoms. The summed E-state index contributed by atoms with van der Waals surface area (Å²) in [5, 5.41) is 0. The van der Waals surface area contributed by atoms with Crippen molar-refractivity contribution in [2.24, 2.45) is 0 Å². The van der Waals surface area contributed by atoms with Gasteiger partial charge in [-0.1, -0.05) is 37.8 Å². The van der Waals surface area contributed by atoms with E-state index < -0.39 is 0 Å². The highest BCUT2D eigenvalue weighted by atomic mass is 28.1. The average Bonchev–Trinajstić information content (AvgIpc) is 2.26. The van der Waals surface area contributed by atoms with Crippen LogP contribution in [0.5, 0.6) is 0 Å². The van der Waals surface area contributed by atoms with Gasteiger partial charge in [-0.05, 0) is 16.7 Å². The fraction of sp³-hybridized carbons (Fsp3) is 0.250. The van der Waals surface area contributed by atoms with E-state index >= 15 is 0 Å². The zero-order valence-electron chi connectivity index (χ0n) is 9.19. The molecular weight excluding hydrogens is 204 g/mol. The van der Waals surface area contributed by atoms with Crippen LogP contribution in [0.1, 0.15) is 23.6 Å². The lowest BCUT2D eigenvalue weighted by atomic mass is 10.1. The van der Waals surface area contributed by atoms with Gasteiger partial charge in [-0.2, -0.15) is 0 Å². The van der Waals surface area contributed by atoms with Crippen molar-refractivity contribution < 1.29 is 9.53 Å². The maximum absolute atomic E-state index is 10.9. The third kappa shape index (κ3) is 3.36. The second-order valence-corrected chi connectivity index (χ2v) is 5.40. The molecule has 1 aromatic carbocycles. The lowest BCUT2D eigenvalue weighted by Crippen LogP contribution is -2.04. The largest absolute Gasteiger partial charge is 0.458 e. The van der Waals surface area contributed by atoms with Crippen LogP contribution < -0.4 is 0 Å². The van der Waals surface area contributed by atoms with Gasteiger partial charge in [-0.15, -0.1) is 0 Å². The zero-order chi connectivity index (χ0) is 11.3. The van der Waals surface area contributed by atoms with E-state index in [-0.39, 0.29) is 5.97 Å². The van der Waals surface area contributed by atoms with Gasteiger partial charge in [0.15, 0.2) is 0 Å². The summed E-state index contributed by atoms with van der Waals surface area (Å²) in [6, 6.07) is 8.07. The zero-order valence-corrected chi connectivity index (χ0v) is 11.2. The van der Waals surface area contributed by atoms with E-state index in [1.165, 1.54) is 11.6 Å². The van der Waals surface area contributed by atoms with E-state index in [1.54, 1.807) is 0 Å². The Balaban J connectivity index is 2.75. The minimum atomic E-state index is -0.370. The normalized spacial score (nSPS) is 12.1. The minimum absolute atomic E-state index is 0.341. The lowest BCUT2D eigenvalue weighted by Gasteiger charge is -2.12. The standard InChI is InChI=1S/C12H16O2Si/c1-3-12(13)14-8-10-6-4-5-7-11(10)9(2)15/h3-7,9H,1,8H2,2,15H3. The summed E-state index contributed by atoms with van der Waals surface area (Å²) in [7, 11) is 1.10. The number of esters is 1. The molecule has 15 heavy (non-hydrogen) atoms. The molecule has 0 heterocycles. The molecule has 0 fully saturated rings. The molecule has 0 amide bonds. The fourth-order valence-corrected chi connectivity index (χ4v) is 2.00. The van der Waals surface area contributed by atoms with Crippen LogP contribution in [0.2, 0.25) is 0 Å². The van der Waals surface area contributed by atoms with Gasteiger partial charge in [0.05, 0.1) is 0 Å². The molecule has 0 aliphatic heterocycles. The van der Waals surface area contributed by atoms with Crippen LogP contribution in [0, 0.1) is 0 Å². The highest BCUT2D eigenvalue weighted by Gasteiger charge is 2.06. The van der Waals surface area contributed by atoms with Crippen molar-refractivity contribution in [2.75, 3.05) is 0 Å². The van der Waals surface area contributed by atoms with Crippen LogP contribution in [-0.4, -0.2) is 16.2 Å². The van der Waals surface area contributed by atoms with Crippen molar-refractivity contribution in [2.45, 2.75) is 19.1 Å². The van der Waals surface area contributed by atoms with Crippen molar-refractivity contribution in [1.29, 1.82) is 0 Å². The average molecular weight is 220 g/mol. The number of rotatable bonds is 4. The Morgan fingerprint density at radius 3 is 2.87 bits per heavy atom. The molecule has 0 N–H and O–H groups in total. The molecule has 0 radical (unpaired) electrons. The monoisotopic (exact) mass is 220 g/mol. The molecule has 1 atom stereocenters. The Morgan fingerprint density at radius 1 is 1.60 bits per heavy atom. The third-order valence-electron chi connectivity index (χ3n) is 2.21. The molecule has 80 valence electrons. The Morgan fingerprint density at radius 2 is 2.27 bits per heavy atom. The number of benzene rings is 1. The molecule has 0 aromatic heterocycles. The number of hydrogen-bond acceptors (Lipinski definition) is 2. The topological polar surface area (TPSA) is 26.3 Å². The predicted octanol–water partition coefficient (Wildman–Crippen LogP) is 1.34. The Kier molecular flexibility index (Phi) is 4.30. The number of hydrogen-bond donors (Lipinski definition) is 0. The van der Waals surface area contributed by atoms with Crippen LogP contribution in [-0.2, 0) is 16.1 Å². The van der Waals surface area contributed by atoms with E-state index in [0.717, 1.165) is 15.8 Å². The lowest BCUT2D eigenvalue weighted by molar-refractivity contribution is -0.138. The first-order valence-electron chi connectivity index (χ1n) is 5.02. The fourth-order valence-electron chi connectivity index (χ4n) is 1.44. The van der Waals surface area contributed by atoms with E-state index in [9.17, 15) is 4.79 Å². The van der Waals surface area contributed by atoms with E-state index in [0.29, 0.717) is 12.1 Å². The maximum Gasteiger partial charge on any atom is 0.330 e. The first-order valence-corrected chi connectivity index (χ1v) is 6.17. The van der Waals surface area contributed by atoms with Gasteiger partial charge in [0.2, 0.25) is 0 Å². The molecule has 1 rings (SSSR count). The third-order valence-corrected chi connectivity index (χ3v) is 2.84. The number of carbonyl (C=O) groups is 1. The summed E-state index contributed by atoms with van der Waals surface area (Å²) in [5.41, 5.74) is 2.94. The van der Waals surface area contributed by atoms with E-state index in [2.05, 4.69) is 19.6 Å². The number of ether oxygens (including phenoxy) is 1. The SMILES string of the molecule is C=CC(=O)OCc1ccccc1C(C)[SiH3]. The molecule has 1 unspecified atom stereocenters. The Hall–Kier alpha value is -1.35. The summed E-state index contributed by atoms with van der Waals surface area (Å²) in [6.45, 7) is 5.88. The molecule has 0 saturated carbocycles. The highest BCUT2D eigenvalue weighted by Crippen LogP contribution is 2.17. The summed E-state index contributed by atoms with van der Waals surface area (Å²) >= 11 is 0. The molecule has 0 saturated heterocycles. The van der Waals surface area contributed by atoms with Crippen LogP contribution in [0.3, 0.4) is 0 Å². The molecule has 1 aromatic rings. The quantitative estimate of drug-likeness (QED) is 0.435. The van der Waals surface area contributed by atoms with Gasteiger partial charge in [0.25, 0.3) is 0 Å². The molecule has 2 nitrogen and oxygen atoms in total. The predicted molar refractivity (Wildman–Crippen MR) is 64.8 cm³/mol. The van der Waals surface area contributed by atoms with Gasteiger partial charge < -0.3 is 4.74 Å². The van der Waals surface area contributed by atoms with Crippen molar-refractivity contribution in [1.82, 2.24) is 0 Å². The van der Waals surface area contributed by atoms with Crippen molar-refractivity contribution in [3.8, 4) is 0 Å². The summed E-state index contributed by atoms with van der Waals surface area (Å²) in [4.78, 5) is 10.9. The van der Waals surface area contributed by atoms with Gasteiger partial charge >= 0.3 is 5.97 Å². The van der Waals surface area contributed by atoms with Crippen molar-refractivity contribution >= 4 is 16.2 Å². The van der Waals surface area contributed by atoms with E-state index in [4.69, 9.17) is 4.74 Å². The van der Waals surface area contributed by atoms with Gasteiger partial charge in [-0.25, -0.2) is 4.79 Å². The Labute approximate surface area is 93.4 Å². The van der Waals surface area contributed by atoms with Gasteiger partial charge in [0.1, 0.15) is 6.61 Å². The molecule has 3 heteroatoms. The van der Waals surface area contributed by atoms with Crippen LogP contribution in [0.15, 0.2) is 36.9 Å². The van der Waals surface area contributed by atoms with Gasteiger partial charge in [-0.3, -0.25) is 0 Å². The maximum atomic E-state index is 10.9. The van der Waals surface area contributed by atoms with Crippen LogP contribution >= 0.6 is 0 Å². The first kappa shape index (κ1) is 11.7. The molecule has 0 aliphatic carbocycles. The van der Waals surface area contributed by atoms with Crippen LogP contribution in [0.4, 0.5) is 0 Å². The molecule has 0 aliphatic rings. The highest BCUT2D eigenvalue weighted by molar-refractivity contribution is 6.12. The van der Waals surface area contributed by atoms with E-state index in [1.807, 2.05) is 18.2 Å². The summed E-state index contributed by atoms with van der Waals surface area (Å²) < 4.78 is 5.03. The molecule has 0 bridgehead atoms. The molecular formula is C12H16O2Si. The van der Waals surface area contributed by atoms with Crippen molar-refractivity contribution in [3.63, 3.8) is 0 Å². The second-order valence-electron chi connectivity index (χ2n) is 3.67. The van der Waals surface area contributed by atoms with Gasteiger partial charge in [0, 0.05) is 16.3 Å². The summed E-state index contributed by atoms with van der Waals surface area (Å²) in [5.74, 6) is -0.370. The smallest absolute Gasteiger partial charge is 0.330 e. The van der Waals surface area contributed by atoms with Crippen LogP contribution in [0.25, 0.3) is 0 Å². The number of carbonyl (C=O) groups excluding carboxylic acids is 1. The minimum Gasteiger partial charge on any atom is -0.458 e.